The molecule has 0 radical (unpaired) electrons. The molecule has 1 heterocycles. The SMILES string of the molecule is COc1ccc(NC(=O)C2CCCN2C(=O)Cc2ccccc2)cc1OC. The quantitative estimate of drug-likeness (QED) is 0.851. The molecule has 1 N–H and O–H groups in total. The molecule has 1 aliphatic rings. The predicted molar refractivity (Wildman–Crippen MR) is 103 cm³/mol. The van der Waals surface area contributed by atoms with Crippen LogP contribution in [0.25, 0.3) is 0 Å². The fourth-order valence-corrected chi connectivity index (χ4v) is 3.35. The fourth-order valence-electron chi connectivity index (χ4n) is 3.35. The molecule has 0 aromatic heterocycles. The molecule has 1 saturated heterocycles. The number of rotatable bonds is 6. The standard InChI is InChI=1S/C21H24N2O4/c1-26-18-11-10-16(14-19(18)27-2)22-21(25)17-9-6-12-23(17)20(24)13-15-7-4-3-5-8-15/h3-5,7-8,10-11,14,17H,6,9,12-13H2,1-2H3,(H,22,25). The van der Waals surface area contributed by atoms with Gasteiger partial charge in [0, 0.05) is 18.3 Å². The number of methoxy groups -OCH3 is 2. The van der Waals surface area contributed by atoms with Crippen molar-refractivity contribution in [2.24, 2.45) is 0 Å². The zero-order valence-electron chi connectivity index (χ0n) is 15.6. The minimum absolute atomic E-state index is 0.0221. The number of carbonyl (C=O) groups excluding carboxylic acids is 2. The lowest BCUT2D eigenvalue weighted by Gasteiger charge is -2.24. The van der Waals surface area contributed by atoms with Crippen molar-refractivity contribution in [1.29, 1.82) is 0 Å². The summed E-state index contributed by atoms with van der Waals surface area (Å²) in [4.78, 5) is 27.1. The lowest BCUT2D eigenvalue weighted by atomic mass is 10.1. The van der Waals surface area contributed by atoms with Crippen LogP contribution in [0, 0.1) is 0 Å². The third kappa shape index (κ3) is 4.39. The van der Waals surface area contributed by atoms with Crippen LogP contribution in [0.5, 0.6) is 11.5 Å². The Bertz CT molecular complexity index is 807. The van der Waals surface area contributed by atoms with E-state index in [1.807, 2.05) is 30.3 Å². The van der Waals surface area contributed by atoms with Crippen molar-refractivity contribution in [1.82, 2.24) is 4.90 Å². The van der Waals surface area contributed by atoms with Crippen LogP contribution in [0.1, 0.15) is 18.4 Å². The van der Waals surface area contributed by atoms with E-state index in [2.05, 4.69) is 5.32 Å². The van der Waals surface area contributed by atoms with Gasteiger partial charge in [-0.3, -0.25) is 9.59 Å². The normalized spacial score (nSPS) is 16.1. The van der Waals surface area contributed by atoms with Gasteiger partial charge in [0.1, 0.15) is 6.04 Å². The van der Waals surface area contributed by atoms with Gasteiger partial charge in [0.2, 0.25) is 11.8 Å². The van der Waals surface area contributed by atoms with Gasteiger partial charge in [-0.15, -0.1) is 0 Å². The van der Waals surface area contributed by atoms with Crippen LogP contribution in [0.2, 0.25) is 0 Å². The Morgan fingerprint density at radius 3 is 2.52 bits per heavy atom. The van der Waals surface area contributed by atoms with Crippen LogP contribution >= 0.6 is 0 Å². The van der Waals surface area contributed by atoms with Crippen molar-refractivity contribution < 1.29 is 19.1 Å². The molecule has 2 aromatic carbocycles. The van der Waals surface area contributed by atoms with Crippen molar-refractivity contribution in [2.75, 3.05) is 26.1 Å². The number of hydrogen-bond donors (Lipinski definition) is 1. The summed E-state index contributed by atoms with van der Waals surface area (Å²) in [5.74, 6) is 0.932. The lowest BCUT2D eigenvalue weighted by Crippen LogP contribution is -2.43. The highest BCUT2D eigenvalue weighted by Gasteiger charge is 2.34. The predicted octanol–water partition coefficient (Wildman–Crippen LogP) is 2.88. The van der Waals surface area contributed by atoms with Crippen molar-refractivity contribution in [3.05, 3.63) is 54.1 Å². The Morgan fingerprint density at radius 2 is 1.81 bits per heavy atom. The third-order valence-corrected chi connectivity index (χ3v) is 4.73. The van der Waals surface area contributed by atoms with Gasteiger partial charge in [-0.1, -0.05) is 30.3 Å². The number of likely N-dealkylation sites (tertiary alicyclic amines) is 1. The van der Waals surface area contributed by atoms with Gasteiger partial charge in [-0.05, 0) is 30.5 Å². The van der Waals surface area contributed by atoms with Gasteiger partial charge in [-0.25, -0.2) is 0 Å². The molecule has 1 atom stereocenters. The summed E-state index contributed by atoms with van der Waals surface area (Å²) in [6, 6.07) is 14.3. The number of benzene rings is 2. The van der Waals surface area contributed by atoms with E-state index in [0.29, 0.717) is 36.6 Å². The van der Waals surface area contributed by atoms with Crippen LogP contribution in [0.4, 0.5) is 5.69 Å². The number of carbonyl (C=O) groups is 2. The first-order valence-electron chi connectivity index (χ1n) is 8.98. The molecule has 6 heteroatoms. The highest BCUT2D eigenvalue weighted by atomic mass is 16.5. The molecule has 1 unspecified atom stereocenters. The maximum absolute atomic E-state index is 12.8. The highest BCUT2D eigenvalue weighted by Crippen LogP contribution is 2.30. The molecule has 0 aliphatic carbocycles. The van der Waals surface area contributed by atoms with Crippen molar-refractivity contribution in [3.8, 4) is 11.5 Å². The van der Waals surface area contributed by atoms with Crippen LogP contribution in [-0.4, -0.2) is 43.5 Å². The number of ether oxygens (including phenoxy) is 2. The van der Waals surface area contributed by atoms with E-state index in [1.54, 1.807) is 37.3 Å². The smallest absolute Gasteiger partial charge is 0.247 e. The topological polar surface area (TPSA) is 67.9 Å². The summed E-state index contributed by atoms with van der Waals surface area (Å²) in [6.45, 7) is 0.607. The summed E-state index contributed by atoms with van der Waals surface area (Å²) in [5.41, 5.74) is 1.56. The Hall–Kier alpha value is -3.02. The molecule has 2 amide bonds. The Morgan fingerprint density at radius 1 is 1.07 bits per heavy atom. The van der Waals surface area contributed by atoms with Crippen molar-refractivity contribution >= 4 is 17.5 Å². The number of hydrogen-bond acceptors (Lipinski definition) is 4. The lowest BCUT2D eigenvalue weighted by molar-refractivity contribution is -0.136. The van der Waals surface area contributed by atoms with Gasteiger partial charge in [0.05, 0.1) is 20.6 Å². The highest BCUT2D eigenvalue weighted by molar-refractivity contribution is 5.98. The van der Waals surface area contributed by atoms with Gasteiger partial charge in [0.25, 0.3) is 0 Å². The monoisotopic (exact) mass is 368 g/mol. The fraction of sp³-hybridized carbons (Fsp3) is 0.333. The van der Waals surface area contributed by atoms with E-state index >= 15 is 0 Å². The van der Waals surface area contributed by atoms with E-state index in [-0.39, 0.29) is 11.8 Å². The van der Waals surface area contributed by atoms with Crippen molar-refractivity contribution in [2.45, 2.75) is 25.3 Å². The molecular formula is C21H24N2O4. The molecule has 0 saturated carbocycles. The maximum Gasteiger partial charge on any atom is 0.247 e. The molecule has 0 spiro atoms. The van der Waals surface area contributed by atoms with Gasteiger partial charge < -0.3 is 19.7 Å². The second kappa shape index (κ2) is 8.58. The van der Waals surface area contributed by atoms with Crippen LogP contribution < -0.4 is 14.8 Å². The van der Waals surface area contributed by atoms with Gasteiger partial charge in [-0.2, -0.15) is 0 Å². The first-order valence-corrected chi connectivity index (χ1v) is 8.98. The van der Waals surface area contributed by atoms with E-state index in [4.69, 9.17) is 9.47 Å². The number of nitrogens with one attached hydrogen (secondary N) is 1. The molecule has 2 aromatic rings. The summed E-state index contributed by atoms with van der Waals surface area (Å²) in [6.07, 6.45) is 1.80. The molecule has 3 rings (SSSR count). The Kier molecular flexibility index (Phi) is 5.96. The molecular weight excluding hydrogens is 344 g/mol. The van der Waals surface area contributed by atoms with Gasteiger partial charge >= 0.3 is 0 Å². The van der Waals surface area contributed by atoms with E-state index in [1.165, 1.54) is 0 Å². The number of nitrogens with zero attached hydrogens (tertiary/aromatic N) is 1. The van der Waals surface area contributed by atoms with E-state index < -0.39 is 6.04 Å². The zero-order valence-corrected chi connectivity index (χ0v) is 15.6. The largest absolute Gasteiger partial charge is 0.493 e. The first-order chi connectivity index (χ1) is 13.1. The third-order valence-electron chi connectivity index (χ3n) is 4.73. The van der Waals surface area contributed by atoms with Crippen LogP contribution in [-0.2, 0) is 16.0 Å². The minimum atomic E-state index is -0.450. The van der Waals surface area contributed by atoms with E-state index in [0.717, 1.165) is 12.0 Å². The summed E-state index contributed by atoms with van der Waals surface area (Å²) < 4.78 is 10.5. The molecule has 142 valence electrons. The molecule has 1 fully saturated rings. The maximum atomic E-state index is 12.8. The zero-order chi connectivity index (χ0) is 19.2. The summed E-state index contributed by atoms with van der Waals surface area (Å²) in [5, 5.41) is 2.89. The van der Waals surface area contributed by atoms with Crippen LogP contribution in [0.15, 0.2) is 48.5 Å². The van der Waals surface area contributed by atoms with Crippen molar-refractivity contribution in [3.63, 3.8) is 0 Å². The van der Waals surface area contributed by atoms with E-state index in [9.17, 15) is 9.59 Å². The molecule has 27 heavy (non-hydrogen) atoms. The summed E-state index contributed by atoms with van der Waals surface area (Å²) >= 11 is 0. The molecule has 0 bridgehead atoms. The van der Waals surface area contributed by atoms with Crippen LogP contribution in [0.3, 0.4) is 0 Å². The number of amides is 2. The molecule has 1 aliphatic heterocycles. The number of anilines is 1. The average Bonchev–Trinajstić information content (AvgIpc) is 3.19. The Balaban J connectivity index is 1.67. The summed E-state index contributed by atoms with van der Waals surface area (Å²) in [7, 11) is 3.11. The van der Waals surface area contributed by atoms with Gasteiger partial charge in [0.15, 0.2) is 11.5 Å². The second-order valence-corrected chi connectivity index (χ2v) is 6.47. The Labute approximate surface area is 159 Å². The second-order valence-electron chi connectivity index (χ2n) is 6.47. The first kappa shape index (κ1) is 18.8. The average molecular weight is 368 g/mol. The molecule has 6 nitrogen and oxygen atoms in total. The minimum Gasteiger partial charge on any atom is -0.493 e.